The molecule has 1 aliphatic heterocycles. The molecular formula is C12H9N3O2S. The Hall–Kier alpha value is -2.21. The molecule has 1 aromatic heterocycles. The van der Waals surface area contributed by atoms with E-state index in [1.165, 1.54) is 11.3 Å². The number of nitrogens with one attached hydrogen (secondary N) is 2. The van der Waals surface area contributed by atoms with Crippen molar-refractivity contribution >= 4 is 39.7 Å². The second-order valence-electron chi connectivity index (χ2n) is 3.84. The zero-order chi connectivity index (χ0) is 12.5. The van der Waals surface area contributed by atoms with E-state index in [9.17, 15) is 9.59 Å². The Balaban J connectivity index is 1.90. The average molecular weight is 259 g/mol. The fourth-order valence-electron chi connectivity index (χ4n) is 1.69. The molecule has 18 heavy (non-hydrogen) atoms. The lowest BCUT2D eigenvalue weighted by atomic mass is 10.2. The van der Waals surface area contributed by atoms with Crippen molar-refractivity contribution in [2.24, 2.45) is 0 Å². The molecule has 3 rings (SSSR count). The third-order valence-corrected chi connectivity index (χ3v) is 3.50. The molecule has 0 unspecified atom stereocenters. The van der Waals surface area contributed by atoms with E-state index in [1.807, 2.05) is 30.3 Å². The highest BCUT2D eigenvalue weighted by molar-refractivity contribution is 7.18. The average Bonchev–Trinajstić information content (AvgIpc) is 2.73. The van der Waals surface area contributed by atoms with Crippen LogP contribution in [0, 0.1) is 0 Å². The molecule has 0 bridgehead atoms. The van der Waals surface area contributed by atoms with Gasteiger partial charge in [-0.1, -0.05) is 29.5 Å². The maximum absolute atomic E-state index is 11.6. The van der Waals surface area contributed by atoms with Crippen molar-refractivity contribution in [3.63, 3.8) is 0 Å². The maximum atomic E-state index is 11.6. The molecule has 2 aromatic rings. The van der Waals surface area contributed by atoms with E-state index in [0.29, 0.717) is 15.8 Å². The number of carbonyl (C=O) groups is 2. The second kappa shape index (κ2) is 4.23. The maximum Gasteiger partial charge on any atom is 0.233 e. The second-order valence-corrected chi connectivity index (χ2v) is 4.83. The van der Waals surface area contributed by atoms with Gasteiger partial charge in [0.2, 0.25) is 5.91 Å². The largest absolute Gasteiger partial charge is 0.331 e. The van der Waals surface area contributed by atoms with Gasteiger partial charge in [-0.05, 0) is 12.1 Å². The van der Waals surface area contributed by atoms with E-state index in [1.54, 1.807) is 0 Å². The number of fused-ring (bicyclic) bond motifs is 1. The minimum atomic E-state index is -0.302. The number of benzene rings is 1. The van der Waals surface area contributed by atoms with Crippen LogP contribution >= 0.6 is 11.3 Å². The van der Waals surface area contributed by atoms with Crippen LogP contribution in [0.25, 0.3) is 0 Å². The van der Waals surface area contributed by atoms with Gasteiger partial charge in [-0.25, -0.2) is 4.98 Å². The summed E-state index contributed by atoms with van der Waals surface area (Å²) in [5.74, 6) is -0.115. The van der Waals surface area contributed by atoms with Gasteiger partial charge in [0, 0.05) is 5.69 Å². The van der Waals surface area contributed by atoms with E-state index in [-0.39, 0.29) is 18.1 Å². The molecule has 0 fully saturated rings. The van der Waals surface area contributed by atoms with Gasteiger partial charge in [0.25, 0.3) is 0 Å². The Morgan fingerprint density at radius 1 is 1.22 bits per heavy atom. The Morgan fingerprint density at radius 2 is 2.00 bits per heavy atom. The molecule has 1 aromatic carbocycles. The van der Waals surface area contributed by atoms with Gasteiger partial charge < -0.3 is 10.6 Å². The van der Waals surface area contributed by atoms with E-state index in [0.717, 1.165) is 5.69 Å². The topological polar surface area (TPSA) is 71.1 Å². The summed E-state index contributed by atoms with van der Waals surface area (Å²) in [6.07, 6.45) is -0.0973. The molecule has 1 aliphatic rings. The zero-order valence-corrected chi connectivity index (χ0v) is 10.1. The van der Waals surface area contributed by atoms with Crippen LogP contribution in [0.5, 0.6) is 0 Å². The number of ketones is 1. The Morgan fingerprint density at radius 3 is 2.78 bits per heavy atom. The number of para-hydroxylation sites is 1. The van der Waals surface area contributed by atoms with Crippen molar-refractivity contribution in [1.82, 2.24) is 4.98 Å². The molecule has 6 heteroatoms. The Kier molecular flexibility index (Phi) is 2.56. The van der Waals surface area contributed by atoms with Crippen LogP contribution in [0.4, 0.5) is 16.6 Å². The van der Waals surface area contributed by atoms with Gasteiger partial charge in [0.1, 0.15) is 4.88 Å². The first kappa shape index (κ1) is 10.9. The van der Waals surface area contributed by atoms with Crippen LogP contribution in [0.15, 0.2) is 30.3 Å². The lowest BCUT2D eigenvalue weighted by molar-refractivity contribution is -0.115. The minimum Gasteiger partial charge on any atom is -0.331 e. The van der Waals surface area contributed by atoms with Crippen LogP contribution in [0.1, 0.15) is 16.1 Å². The Bertz CT molecular complexity index is 622. The number of nitrogens with zero attached hydrogens (tertiary/aromatic N) is 1. The zero-order valence-electron chi connectivity index (χ0n) is 9.27. The summed E-state index contributed by atoms with van der Waals surface area (Å²) < 4.78 is 0. The molecule has 0 saturated carbocycles. The molecule has 0 saturated heterocycles. The highest BCUT2D eigenvalue weighted by atomic mass is 32.1. The summed E-state index contributed by atoms with van der Waals surface area (Å²) in [4.78, 5) is 27.6. The summed E-state index contributed by atoms with van der Waals surface area (Å²) in [6, 6.07) is 9.54. The quantitative estimate of drug-likeness (QED) is 0.812. The van der Waals surface area contributed by atoms with Crippen LogP contribution < -0.4 is 10.6 Å². The van der Waals surface area contributed by atoms with E-state index in [4.69, 9.17) is 0 Å². The van der Waals surface area contributed by atoms with Crippen molar-refractivity contribution < 1.29 is 9.59 Å². The number of anilines is 3. The normalized spacial score (nSPS) is 14.0. The first-order valence-corrected chi connectivity index (χ1v) is 6.20. The van der Waals surface area contributed by atoms with Gasteiger partial charge >= 0.3 is 0 Å². The lowest BCUT2D eigenvalue weighted by Crippen LogP contribution is -2.22. The summed E-state index contributed by atoms with van der Waals surface area (Å²) in [5, 5.41) is 6.30. The third kappa shape index (κ3) is 1.98. The van der Waals surface area contributed by atoms with Crippen LogP contribution in [-0.4, -0.2) is 16.7 Å². The van der Waals surface area contributed by atoms with Crippen molar-refractivity contribution in [3.8, 4) is 0 Å². The molecule has 1 amide bonds. The van der Waals surface area contributed by atoms with Gasteiger partial charge in [-0.15, -0.1) is 0 Å². The first-order valence-electron chi connectivity index (χ1n) is 5.38. The molecule has 0 spiro atoms. The van der Waals surface area contributed by atoms with Crippen molar-refractivity contribution in [2.45, 2.75) is 6.42 Å². The van der Waals surface area contributed by atoms with Crippen LogP contribution in [0.3, 0.4) is 0 Å². The van der Waals surface area contributed by atoms with Crippen molar-refractivity contribution in [2.75, 3.05) is 10.6 Å². The summed E-state index contributed by atoms with van der Waals surface area (Å²) in [7, 11) is 0. The van der Waals surface area contributed by atoms with Crippen molar-refractivity contribution in [3.05, 3.63) is 35.2 Å². The number of Topliss-reactive ketones (excluding diaryl/α,β-unsaturated/α-hetero) is 1. The first-order chi connectivity index (χ1) is 8.72. The van der Waals surface area contributed by atoms with Gasteiger partial charge in [0.05, 0.1) is 6.42 Å². The molecule has 2 N–H and O–H groups in total. The number of amides is 1. The number of aromatic nitrogens is 1. The predicted octanol–water partition coefficient (Wildman–Crippen LogP) is 2.41. The summed E-state index contributed by atoms with van der Waals surface area (Å²) in [6.45, 7) is 0. The monoisotopic (exact) mass is 259 g/mol. The number of thiazole rings is 1. The molecule has 2 heterocycles. The van der Waals surface area contributed by atoms with Crippen LogP contribution in [-0.2, 0) is 4.79 Å². The minimum absolute atomic E-state index is 0.0973. The number of rotatable bonds is 2. The van der Waals surface area contributed by atoms with Gasteiger partial charge in [-0.2, -0.15) is 0 Å². The van der Waals surface area contributed by atoms with Crippen molar-refractivity contribution in [1.29, 1.82) is 0 Å². The number of hydrogen-bond acceptors (Lipinski definition) is 5. The summed E-state index contributed by atoms with van der Waals surface area (Å²) >= 11 is 1.25. The molecule has 0 aliphatic carbocycles. The number of carbonyl (C=O) groups excluding carboxylic acids is 2. The van der Waals surface area contributed by atoms with Crippen LogP contribution in [0.2, 0.25) is 0 Å². The Labute approximate surface area is 107 Å². The standard InChI is InChI=1S/C12H9N3O2S/c16-8-6-9(17)14-11-10(8)18-12(15-11)13-7-4-2-1-3-5-7/h1-5H,6H2,(H,13,15)(H,14,17). The molecule has 0 atom stereocenters. The number of hydrogen-bond donors (Lipinski definition) is 2. The smallest absolute Gasteiger partial charge is 0.233 e. The highest BCUT2D eigenvalue weighted by Gasteiger charge is 2.26. The molecule has 5 nitrogen and oxygen atoms in total. The lowest BCUT2D eigenvalue weighted by Gasteiger charge is -2.08. The molecule has 90 valence electrons. The third-order valence-electron chi connectivity index (χ3n) is 2.48. The van der Waals surface area contributed by atoms with Gasteiger partial charge in [-0.3, -0.25) is 9.59 Å². The molecule has 0 radical (unpaired) electrons. The van der Waals surface area contributed by atoms with E-state index < -0.39 is 0 Å². The van der Waals surface area contributed by atoms with Gasteiger partial charge in [0.15, 0.2) is 16.7 Å². The molecular weight excluding hydrogens is 250 g/mol. The summed E-state index contributed by atoms with van der Waals surface area (Å²) in [5.41, 5.74) is 0.891. The predicted molar refractivity (Wildman–Crippen MR) is 69.4 cm³/mol. The van der Waals surface area contributed by atoms with E-state index in [2.05, 4.69) is 15.6 Å². The SMILES string of the molecule is O=C1CC(=O)c2sc(Nc3ccccc3)nc2N1. The fourth-order valence-corrected chi connectivity index (χ4v) is 2.57. The highest BCUT2D eigenvalue weighted by Crippen LogP contribution is 2.32. The fraction of sp³-hybridized carbons (Fsp3) is 0.0833. The van der Waals surface area contributed by atoms with E-state index >= 15 is 0 Å².